The van der Waals surface area contributed by atoms with Gasteiger partial charge in [0.05, 0.1) is 10.8 Å². The fourth-order valence-electron chi connectivity index (χ4n) is 3.30. The van der Waals surface area contributed by atoms with E-state index < -0.39 is 0 Å². The minimum absolute atomic E-state index is 0.362. The second-order valence-corrected chi connectivity index (χ2v) is 7.48. The van der Waals surface area contributed by atoms with Gasteiger partial charge in [-0.2, -0.15) is 4.98 Å². The molecular formula is C14H23N3OS. The molecule has 0 radical (unpaired) electrons. The van der Waals surface area contributed by atoms with Crippen molar-refractivity contribution in [2.24, 2.45) is 11.7 Å². The maximum Gasteiger partial charge on any atom is 0.239 e. The maximum absolute atomic E-state index is 6.52. The molecule has 0 amide bonds. The third-order valence-electron chi connectivity index (χ3n) is 4.37. The molecule has 1 aliphatic heterocycles. The van der Waals surface area contributed by atoms with Gasteiger partial charge in [0.2, 0.25) is 5.89 Å². The average molecular weight is 281 g/mol. The standard InChI is InChI=1S/C14H23N3OS/c1-10-5-4-7-14(15,9-10)13-16-12(18-17-13)11-6-2-3-8-19-11/h10-11H,2-9,15H2,1H3. The SMILES string of the molecule is CC1CCCC(N)(c2noc(C3CCCCS3)n2)C1. The topological polar surface area (TPSA) is 64.9 Å². The average Bonchev–Trinajstić information content (AvgIpc) is 2.90. The Hall–Kier alpha value is -0.550. The first-order valence-corrected chi connectivity index (χ1v) is 8.47. The summed E-state index contributed by atoms with van der Waals surface area (Å²) in [5.74, 6) is 3.39. The summed E-state index contributed by atoms with van der Waals surface area (Å²) in [7, 11) is 0. The summed E-state index contributed by atoms with van der Waals surface area (Å²) >= 11 is 1.94. The first-order valence-electron chi connectivity index (χ1n) is 7.42. The summed E-state index contributed by atoms with van der Waals surface area (Å²) in [4.78, 5) is 4.64. The molecule has 5 heteroatoms. The van der Waals surface area contributed by atoms with E-state index in [9.17, 15) is 0 Å². The Morgan fingerprint density at radius 2 is 2.21 bits per heavy atom. The van der Waals surface area contributed by atoms with Crippen molar-refractivity contribution >= 4 is 11.8 Å². The highest BCUT2D eigenvalue weighted by atomic mass is 32.2. The molecule has 1 aliphatic carbocycles. The van der Waals surface area contributed by atoms with Crippen LogP contribution in [0.5, 0.6) is 0 Å². The molecule has 0 aromatic carbocycles. The van der Waals surface area contributed by atoms with Gasteiger partial charge in [-0.15, -0.1) is 11.8 Å². The molecule has 1 saturated carbocycles. The molecule has 3 rings (SSSR count). The first kappa shape index (κ1) is 13.4. The Morgan fingerprint density at radius 1 is 1.32 bits per heavy atom. The minimum atomic E-state index is -0.362. The molecule has 2 aliphatic rings. The van der Waals surface area contributed by atoms with Crippen LogP contribution in [0.15, 0.2) is 4.52 Å². The lowest BCUT2D eigenvalue weighted by Crippen LogP contribution is -2.42. The number of hydrogen-bond acceptors (Lipinski definition) is 5. The van der Waals surface area contributed by atoms with E-state index in [2.05, 4.69) is 17.1 Å². The zero-order chi connectivity index (χ0) is 13.3. The van der Waals surface area contributed by atoms with Gasteiger partial charge in [0, 0.05) is 0 Å². The summed E-state index contributed by atoms with van der Waals surface area (Å²) in [6.07, 6.45) is 8.11. The van der Waals surface area contributed by atoms with E-state index in [1.54, 1.807) is 0 Å². The Morgan fingerprint density at radius 3 is 2.95 bits per heavy atom. The maximum atomic E-state index is 6.52. The highest BCUT2D eigenvalue weighted by Crippen LogP contribution is 2.40. The van der Waals surface area contributed by atoms with E-state index in [1.807, 2.05) is 11.8 Å². The Kier molecular flexibility index (Phi) is 3.85. The predicted molar refractivity (Wildman–Crippen MR) is 76.8 cm³/mol. The molecule has 1 saturated heterocycles. The van der Waals surface area contributed by atoms with E-state index >= 15 is 0 Å². The second-order valence-electron chi connectivity index (χ2n) is 6.17. The van der Waals surface area contributed by atoms with Gasteiger partial charge in [-0.3, -0.25) is 0 Å². The number of rotatable bonds is 2. The number of nitrogens with zero attached hydrogens (tertiary/aromatic N) is 2. The lowest BCUT2D eigenvalue weighted by molar-refractivity contribution is 0.221. The van der Waals surface area contributed by atoms with Crippen LogP contribution in [0, 0.1) is 5.92 Å². The molecule has 2 N–H and O–H groups in total. The van der Waals surface area contributed by atoms with Crippen molar-refractivity contribution in [1.82, 2.24) is 10.1 Å². The van der Waals surface area contributed by atoms with Crippen LogP contribution in [0.2, 0.25) is 0 Å². The lowest BCUT2D eigenvalue weighted by atomic mass is 9.76. The van der Waals surface area contributed by atoms with Gasteiger partial charge in [-0.25, -0.2) is 0 Å². The molecule has 0 bridgehead atoms. The molecular weight excluding hydrogens is 258 g/mol. The van der Waals surface area contributed by atoms with Crippen molar-refractivity contribution in [1.29, 1.82) is 0 Å². The van der Waals surface area contributed by atoms with Gasteiger partial charge < -0.3 is 10.3 Å². The largest absolute Gasteiger partial charge is 0.338 e. The van der Waals surface area contributed by atoms with Crippen molar-refractivity contribution < 1.29 is 4.52 Å². The number of nitrogens with two attached hydrogens (primary N) is 1. The van der Waals surface area contributed by atoms with Gasteiger partial charge in [-0.05, 0) is 37.4 Å². The third kappa shape index (κ3) is 2.82. The van der Waals surface area contributed by atoms with Gasteiger partial charge >= 0.3 is 0 Å². The van der Waals surface area contributed by atoms with E-state index in [1.165, 1.54) is 31.4 Å². The van der Waals surface area contributed by atoms with Crippen molar-refractivity contribution in [3.63, 3.8) is 0 Å². The molecule has 106 valence electrons. The molecule has 4 nitrogen and oxygen atoms in total. The first-order chi connectivity index (χ1) is 9.17. The highest BCUT2D eigenvalue weighted by molar-refractivity contribution is 7.99. The Bertz CT molecular complexity index is 430. The van der Waals surface area contributed by atoms with Crippen molar-refractivity contribution in [2.45, 2.75) is 62.7 Å². The zero-order valence-corrected chi connectivity index (χ0v) is 12.4. The van der Waals surface area contributed by atoms with Crippen LogP contribution in [-0.4, -0.2) is 15.9 Å². The second kappa shape index (κ2) is 5.44. The zero-order valence-electron chi connectivity index (χ0n) is 11.6. The lowest BCUT2D eigenvalue weighted by Gasteiger charge is -2.33. The van der Waals surface area contributed by atoms with Crippen molar-refractivity contribution in [3.05, 3.63) is 11.7 Å². The fourth-order valence-corrected chi connectivity index (χ4v) is 4.53. The third-order valence-corrected chi connectivity index (χ3v) is 5.74. The van der Waals surface area contributed by atoms with E-state index in [0.29, 0.717) is 11.2 Å². The monoisotopic (exact) mass is 281 g/mol. The smallest absolute Gasteiger partial charge is 0.239 e. The van der Waals surface area contributed by atoms with E-state index in [-0.39, 0.29) is 5.54 Å². The highest BCUT2D eigenvalue weighted by Gasteiger charge is 2.37. The molecule has 2 heterocycles. The van der Waals surface area contributed by atoms with E-state index in [4.69, 9.17) is 10.3 Å². The summed E-state index contributed by atoms with van der Waals surface area (Å²) in [5, 5.41) is 4.59. The molecule has 3 atom stereocenters. The summed E-state index contributed by atoms with van der Waals surface area (Å²) in [6.45, 7) is 2.26. The summed E-state index contributed by atoms with van der Waals surface area (Å²) in [5.41, 5.74) is 6.16. The molecule has 1 aromatic rings. The number of aromatic nitrogens is 2. The van der Waals surface area contributed by atoms with Gasteiger partial charge in [0.25, 0.3) is 0 Å². The molecule has 2 fully saturated rings. The van der Waals surface area contributed by atoms with Gasteiger partial charge in [-0.1, -0.05) is 31.3 Å². The van der Waals surface area contributed by atoms with Crippen LogP contribution in [-0.2, 0) is 5.54 Å². The van der Waals surface area contributed by atoms with Crippen LogP contribution in [0.4, 0.5) is 0 Å². The molecule has 3 unspecified atom stereocenters. The van der Waals surface area contributed by atoms with Crippen LogP contribution >= 0.6 is 11.8 Å². The fraction of sp³-hybridized carbons (Fsp3) is 0.857. The summed E-state index contributed by atoms with van der Waals surface area (Å²) in [6, 6.07) is 0. The van der Waals surface area contributed by atoms with Gasteiger partial charge in [0.1, 0.15) is 0 Å². The van der Waals surface area contributed by atoms with Crippen LogP contribution in [0.3, 0.4) is 0 Å². The van der Waals surface area contributed by atoms with Crippen LogP contribution < -0.4 is 5.73 Å². The van der Waals surface area contributed by atoms with Crippen LogP contribution in [0.25, 0.3) is 0 Å². The van der Waals surface area contributed by atoms with Crippen LogP contribution in [0.1, 0.15) is 68.8 Å². The van der Waals surface area contributed by atoms with E-state index in [0.717, 1.165) is 31.0 Å². The Labute approximate surface area is 118 Å². The van der Waals surface area contributed by atoms with Crippen molar-refractivity contribution in [2.75, 3.05) is 5.75 Å². The molecule has 1 aromatic heterocycles. The molecule has 0 spiro atoms. The number of thioether (sulfide) groups is 1. The normalized spacial score (nSPS) is 36.3. The molecule has 19 heavy (non-hydrogen) atoms. The quantitative estimate of drug-likeness (QED) is 0.900. The van der Waals surface area contributed by atoms with Crippen molar-refractivity contribution in [3.8, 4) is 0 Å². The van der Waals surface area contributed by atoms with Gasteiger partial charge in [0.15, 0.2) is 5.82 Å². The Balaban J connectivity index is 1.76. The predicted octanol–water partition coefficient (Wildman–Crippen LogP) is 3.39. The number of hydrogen-bond donors (Lipinski definition) is 1. The minimum Gasteiger partial charge on any atom is -0.338 e. The summed E-state index contributed by atoms with van der Waals surface area (Å²) < 4.78 is 5.50.